The fourth-order valence-corrected chi connectivity index (χ4v) is 2.65. The van der Waals surface area contributed by atoms with Crippen LogP contribution in [0.25, 0.3) is 6.08 Å². The number of carbonyl (C=O) groups excluding carboxylic acids is 2. The van der Waals surface area contributed by atoms with E-state index in [0.29, 0.717) is 6.61 Å². The summed E-state index contributed by atoms with van der Waals surface area (Å²) >= 11 is 0. The SMILES string of the molecule is CCOc1ccc(/C=C/C(=O)NC(CC(=O)OC(C)C)c2ccccc2)cc1. The van der Waals surface area contributed by atoms with Crippen LogP contribution in [0.15, 0.2) is 60.7 Å². The summed E-state index contributed by atoms with van der Waals surface area (Å²) in [5.74, 6) is 0.164. The minimum atomic E-state index is -0.454. The molecule has 28 heavy (non-hydrogen) atoms. The molecule has 0 aliphatic rings. The second-order valence-corrected chi connectivity index (χ2v) is 6.55. The van der Waals surface area contributed by atoms with Crippen LogP contribution in [0.2, 0.25) is 0 Å². The number of ether oxygens (including phenoxy) is 2. The Hall–Kier alpha value is -3.08. The fraction of sp³-hybridized carbons (Fsp3) is 0.304. The number of esters is 1. The normalized spacial score (nSPS) is 12.0. The zero-order valence-corrected chi connectivity index (χ0v) is 16.6. The predicted molar refractivity (Wildman–Crippen MR) is 110 cm³/mol. The lowest BCUT2D eigenvalue weighted by molar-refractivity contribution is -0.148. The quantitative estimate of drug-likeness (QED) is 0.520. The second kappa shape index (κ2) is 10.9. The molecule has 0 spiro atoms. The zero-order chi connectivity index (χ0) is 20.4. The van der Waals surface area contributed by atoms with Gasteiger partial charge in [0.1, 0.15) is 5.75 Å². The van der Waals surface area contributed by atoms with Gasteiger partial charge in [0, 0.05) is 6.08 Å². The number of rotatable bonds is 9. The van der Waals surface area contributed by atoms with Crippen LogP contribution in [0.3, 0.4) is 0 Å². The lowest BCUT2D eigenvalue weighted by Gasteiger charge is -2.18. The summed E-state index contributed by atoms with van der Waals surface area (Å²) in [5, 5.41) is 2.89. The van der Waals surface area contributed by atoms with E-state index in [1.165, 1.54) is 6.08 Å². The van der Waals surface area contributed by atoms with Gasteiger partial charge in [0.15, 0.2) is 0 Å². The molecule has 0 aliphatic heterocycles. The molecule has 0 radical (unpaired) electrons. The largest absolute Gasteiger partial charge is 0.494 e. The highest BCUT2D eigenvalue weighted by molar-refractivity contribution is 5.92. The van der Waals surface area contributed by atoms with Crippen molar-refractivity contribution < 1.29 is 19.1 Å². The number of amides is 1. The van der Waals surface area contributed by atoms with E-state index in [0.717, 1.165) is 16.9 Å². The molecule has 1 amide bonds. The maximum atomic E-state index is 12.4. The average molecular weight is 381 g/mol. The summed E-state index contributed by atoms with van der Waals surface area (Å²) < 4.78 is 10.6. The van der Waals surface area contributed by atoms with Crippen LogP contribution in [0, 0.1) is 0 Å². The van der Waals surface area contributed by atoms with E-state index in [1.54, 1.807) is 19.9 Å². The highest BCUT2D eigenvalue weighted by atomic mass is 16.5. The predicted octanol–water partition coefficient (Wildman–Crippen LogP) is 4.30. The van der Waals surface area contributed by atoms with Crippen molar-refractivity contribution in [1.29, 1.82) is 0 Å². The third kappa shape index (κ3) is 7.27. The van der Waals surface area contributed by atoms with Crippen molar-refractivity contribution in [2.45, 2.75) is 39.3 Å². The summed E-state index contributed by atoms with van der Waals surface area (Å²) in [4.78, 5) is 24.5. The van der Waals surface area contributed by atoms with Crippen LogP contribution < -0.4 is 10.1 Å². The van der Waals surface area contributed by atoms with E-state index in [9.17, 15) is 9.59 Å². The van der Waals surface area contributed by atoms with Crippen molar-refractivity contribution in [1.82, 2.24) is 5.32 Å². The third-order valence-electron chi connectivity index (χ3n) is 3.87. The highest BCUT2D eigenvalue weighted by Crippen LogP contribution is 2.18. The van der Waals surface area contributed by atoms with Crippen LogP contribution >= 0.6 is 0 Å². The Kier molecular flexibility index (Phi) is 8.28. The number of hydrogen-bond donors (Lipinski definition) is 1. The molecule has 0 fully saturated rings. The monoisotopic (exact) mass is 381 g/mol. The number of hydrogen-bond acceptors (Lipinski definition) is 4. The Labute approximate surface area is 166 Å². The van der Waals surface area contributed by atoms with Gasteiger partial charge in [0.25, 0.3) is 0 Å². The first-order valence-corrected chi connectivity index (χ1v) is 9.43. The minimum Gasteiger partial charge on any atom is -0.494 e. The van der Waals surface area contributed by atoms with Gasteiger partial charge in [-0.1, -0.05) is 42.5 Å². The molecular weight excluding hydrogens is 354 g/mol. The van der Waals surface area contributed by atoms with Crippen molar-refractivity contribution in [3.8, 4) is 5.75 Å². The fourth-order valence-electron chi connectivity index (χ4n) is 2.65. The number of carbonyl (C=O) groups is 2. The molecular formula is C23H27NO4. The van der Waals surface area contributed by atoms with Gasteiger partial charge in [-0.15, -0.1) is 0 Å². The summed E-state index contributed by atoms with van der Waals surface area (Å²) in [5.41, 5.74) is 1.74. The first-order chi connectivity index (χ1) is 13.5. The maximum absolute atomic E-state index is 12.4. The lowest BCUT2D eigenvalue weighted by atomic mass is 10.0. The molecule has 0 saturated carbocycles. The van der Waals surface area contributed by atoms with E-state index in [2.05, 4.69) is 5.32 Å². The van der Waals surface area contributed by atoms with E-state index in [4.69, 9.17) is 9.47 Å². The van der Waals surface area contributed by atoms with E-state index >= 15 is 0 Å². The summed E-state index contributed by atoms with van der Waals surface area (Å²) in [7, 11) is 0. The number of nitrogens with one attached hydrogen (secondary N) is 1. The topological polar surface area (TPSA) is 64.6 Å². The molecule has 1 N–H and O–H groups in total. The number of benzene rings is 2. The minimum absolute atomic E-state index is 0.0742. The van der Waals surface area contributed by atoms with Crippen molar-refractivity contribution in [2.75, 3.05) is 6.61 Å². The molecule has 0 aromatic heterocycles. The standard InChI is InChI=1S/C23H27NO4/c1-4-27-20-13-10-18(11-14-20)12-15-22(25)24-21(16-23(26)28-17(2)3)19-8-6-5-7-9-19/h5-15,17,21H,4,16H2,1-3H3,(H,24,25)/b15-12+. The van der Waals surface area contributed by atoms with Crippen LogP contribution in [-0.4, -0.2) is 24.6 Å². The molecule has 5 heteroatoms. The van der Waals surface area contributed by atoms with Gasteiger partial charge in [0.05, 0.1) is 25.2 Å². The smallest absolute Gasteiger partial charge is 0.308 e. The molecule has 148 valence electrons. The van der Waals surface area contributed by atoms with Gasteiger partial charge in [-0.25, -0.2) is 0 Å². The molecule has 2 aromatic rings. The zero-order valence-electron chi connectivity index (χ0n) is 16.6. The molecule has 2 aromatic carbocycles. The third-order valence-corrected chi connectivity index (χ3v) is 3.87. The van der Waals surface area contributed by atoms with Crippen LogP contribution in [0.4, 0.5) is 0 Å². The Morgan fingerprint density at radius 1 is 1.04 bits per heavy atom. The Morgan fingerprint density at radius 2 is 1.71 bits per heavy atom. The lowest BCUT2D eigenvalue weighted by Crippen LogP contribution is -2.29. The summed E-state index contributed by atoms with van der Waals surface area (Å²) in [6.45, 7) is 6.14. The Morgan fingerprint density at radius 3 is 2.32 bits per heavy atom. The van der Waals surface area contributed by atoms with E-state index in [-0.39, 0.29) is 24.4 Å². The molecule has 0 aliphatic carbocycles. The van der Waals surface area contributed by atoms with Crippen molar-refractivity contribution in [3.05, 3.63) is 71.8 Å². The van der Waals surface area contributed by atoms with E-state index < -0.39 is 6.04 Å². The molecule has 2 rings (SSSR count). The molecule has 0 saturated heterocycles. The Bertz CT molecular complexity index is 782. The summed E-state index contributed by atoms with van der Waals surface area (Å²) in [6.07, 6.45) is 3.06. The van der Waals surface area contributed by atoms with Crippen molar-refractivity contribution >= 4 is 18.0 Å². The van der Waals surface area contributed by atoms with Gasteiger partial charge in [-0.2, -0.15) is 0 Å². The molecule has 1 atom stereocenters. The Balaban J connectivity index is 2.03. The van der Waals surface area contributed by atoms with Gasteiger partial charge >= 0.3 is 5.97 Å². The molecule has 0 bridgehead atoms. The van der Waals surface area contributed by atoms with E-state index in [1.807, 2.05) is 61.5 Å². The van der Waals surface area contributed by atoms with Crippen LogP contribution in [-0.2, 0) is 14.3 Å². The van der Waals surface area contributed by atoms with Crippen LogP contribution in [0.5, 0.6) is 5.75 Å². The molecule has 0 heterocycles. The first kappa shape index (κ1) is 21.2. The highest BCUT2D eigenvalue weighted by Gasteiger charge is 2.19. The van der Waals surface area contributed by atoms with Gasteiger partial charge in [-0.3, -0.25) is 9.59 Å². The molecule has 1 unspecified atom stereocenters. The average Bonchev–Trinajstić information content (AvgIpc) is 2.67. The molecule has 5 nitrogen and oxygen atoms in total. The summed E-state index contributed by atoms with van der Waals surface area (Å²) in [6, 6.07) is 16.4. The van der Waals surface area contributed by atoms with Crippen molar-refractivity contribution in [2.24, 2.45) is 0 Å². The van der Waals surface area contributed by atoms with Gasteiger partial charge < -0.3 is 14.8 Å². The first-order valence-electron chi connectivity index (χ1n) is 9.43. The van der Waals surface area contributed by atoms with Crippen molar-refractivity contribution in [3.63, 3.8) is 0 Å². The van der Waals surface area contributed by atoms with Gasteiger partial charge in [-0.05, 0) is 50.1 Å². The second-order valence-electron chi connectivity index (χ2n) is 6.55. The van der Waals surface area contributed by atoms with Crippen LogP contribution in [0.1, 0.15) is 44.4 Å². The maximum Gasteiger partial charge on any atom is 0.308 e. The van der Waals surface area contributed by atoms with Gasteiger partial charge in [0.2, 0.25) is 5.91 Å².